The first-order valence-electron chi connectivity index (χ1n) is 9.95. The highest BCUT2D eigenvalue weighted by Gasteiger charge is 2.12. The van der Waals surface area contributed by atoms with Crippen molar-refractivity contribution in [2.45, 2.75) is 25.9 Å². The molecule has 1 amide bonds. The number of amides is 1. The first kappa shape index (κ1) is 18.5. The molecule has 3 aromatic rings. The molecular formula is C24H26N2O2. The summed E-state index contributed by atoms with van der Waals surface area (Å²) in [4.78, 5) is 14.7. The average molecular weight is 374 g/mol. The van der Waals surface area contributed by atoms with Crippen molar-refractivity contribution in [3.63, 3.8) is 0 Å². The number of rotatable bonds is 7. The van der Waals surface area contributed by atoms with Crippen molar-refractivity contribution in [2.75, 3.05) is 19.7 Å². The summed E-state index contributed by atoms with van der Waals surface area (Å²) in [6, 6.07) is 22.4. The van der Waals surface area contributed by atoms with Gasteiger partial charge in [0.2, 0.25) is 0 Å². The number of carbonyl (C=O) groups is 1. The molecule has 1 heterocycles. The van der Waals surface area contributed by atoms with E-state index in [1.807, 2.05) is 36.4 Å². The fourth-order valence-electron chi connectivity index (χ4n) is 3.69. The van der Waals surface area contributed by atoms with Gasteiger partial charge in [0.25, 0.3) is 5.91 Å². The third-order valence-corrected chi connectivity index (χ3v) is 5.18. The Bertz CT molecular complexity index is 948. The molecule has 4 rings (SSSR count). The Morgan fingerprint density at radius 1 is 0.893 bits per heavy atom. The van der Waals surface area contributed by atoms with Gasteiger partial charge in [0.05, 0.1) is 0 Å². The molecule has 1 saturated heterocycles. The quantitative estimate of drug-likeness (QED) is 0.676. The van der Waals surface area contributed by atoms with E-state index in [4.69, 9.17) is 4.74 Å². The monoisotopic (exact) mass is 374 g/mol. The summed E-state index contributed by atoms with van der Waals surface area (Å²) in [5.74, 6) is 0.597. The van der Waals surface area contributed by atoms with Gasteiger partial charge in [-0.05, 0) is 60.0 Å². The van der Waals surface area contributed by atoms with Gasteiger partial charge in [0.1, 0.15) is 5.75 Å². The van der Waals surface area contributed by atoms with E-state index in [0.29, 0.717) is 12.3 Å². The Balaban J connectivity index is 1.26. The van der Waals surface area contributed by atoms with Crippen LogP contribution in [0.2, 0.25) is 0 Å². The van der Waals surface area contributed by atoms with Crippen LogP contribution in [-0.2, 0) is 17.9 Å². The lowest BCUT2D eigenvalue weighted by Gasteiger charge is -2.15. The minimum atomic E-state index is -0.113. The molecule has 0 aliphatic carbocycles. The molecule has 1 N–H and O–H groups in total. The highest BCUT2D eigenvalue weighted by Crippen LogP contribution is 2.20. The van der Waals surface area contributed by atoms with E-state index in [2.05, 4.69) is 40.5 Å². The number of carbonyl (C=O) groups excluding carboxylic acids is 1. The largest absolute Gasteiger partial charge is 0.484 e. The number of nitrogens with zero attached hydrogens (tertiary/aromatic N) is 1. The van der Waals surface area contributed by atoms with Crippen molar-refractivity contribution in [3.05, 3.63) is 77.9 Å². The zero-order chi connectivity index (χ0) is 19.2. The van der Waals surface area contributed by atoms with Crippen LogP contribution in [0.15, 0.2) is 66.7 Å². The van der Waals surface area contributed by atoms with E-state index in [1.54, 1.807) is 0 Å². The zero-order valence-corrected chi connectivity index (χ0v) is 16.1. The van der Waals surface area contributed by atoms with Gasteiger partial charge in [-0.15, -0.1) is 0 Å². The van der Waals surface area contributed by atoms with Gasteiger partial charge in [-0.1, -0.05) is 54.6 Å². The van der Waals surface area contributed by atoms with Crippen LogP contribution in [-0.4, -0.2) is 30.5 Å². The molecule has 4 heteroatoms. The predicted octanol–water partition coefficient (Wildman–Crippen LogP) is 4.13. The fourth-order valence-corrected chi connectivity index (χ4v) is 3.69. The third-order valence-electron chi connectivity index (χ3n) is 5.18. The second-order valence-corrected chi connectivity index (χ2v) is 7.38. The first-order chi connectivity index (χ1) is 13.8. The van der Waals surface area contributed by atoms with Crippen LogP contribution in [0.3, 0.4) is 0 Å². The summed E-state index contributed by atoms with van der Waals surface area (Å²) in [6.07, 6.45) is 2.60. The van der Waals surface area contributed by atoms with Crippen molar-refractivity contribution in [1.82, 2.24) is 10.2 Å². The fraction of sp³-hybridized carbons (Fsp3) is 0.292. The lowest BCUT2D eigenvalue weighted by Crippen LogP contribution is -2.28. The van der Waals surface area contributed by atoms with Crippen molar-refractivity contribution in [2.24, 2.45) is 0 Å². The molecule has 144 valence electrons. The van der Waals surface area contributed by atoms with Gasteiger partial charge in [0.15, 0.2) is 6.61 Å². The summed E-state index contributed by atoms with van der Waals surface area (Å²) < 4.78 is 5.66. The Morgan fingerprint density at radius 3 is 2.54 bits per heavy atom. The zero-order valence-electron chi connectivity index (χ0n) is 16.1. The van der Waals surface area contributed by atoms with Crippen LogP contribution < -0.4 is 10.1 Å². The van der Waals surface area contributed by atoms with E-state index in [0.717, 1.165) is 22.9 Å². The van der Waals surface area contributed by atoms with E-state index >= 15 is 0 Å². The van der Waals surface area contributed by atoms with Gasteiger partial charge in [-0.2, -0.15) is 0 Å². The van der Waals surface area contributed by atoms with Crippen molar-refractivity contribution >= 4 is 16.7 Å². The molecule has 3 aromatic carbocycles. The van der Waals surface area contributed by atoms with Crippen LogP contribution in [0.1, 0.15) is 24.0 Å². The summed E-state index contributed by atoms with van der Waals surface area (Å²) in [5.41, 5.74) is 2.43. The van der Waals surface area contributed by atoms with Crippen LogP contribution >= 0.6 is 0 Å². The van der Waals surface area contributed by atoms with Crippen LogP contribution in [0.5, 0.6) is 5.75 Å². The lowest BCUT2D eigenvalue weighted by atomic mass is 10.1. The van der Waals surface area contributed by atoms with Gasteiger partial charge in [-0.25, -0.2) is 0 Å². The van der Waals surface area contributed by atoms with Crippen molar-refractivity contribution < 1.29 is 9.53 Å². The normalized spacial score (nSPS) is 14.3. The van der Waals surface area contributed by atoms with Crippen molar-refractivity contribution in [1.29, 1.82) is 0 Å². The number of ether oxygens (including phenoxy) is 1. The van der Waals surface area contributed by atoms with Gasteiger partial charge in [-0.3, -0.25) is 9.69 Å². The van der Waals surface area contributed by atoms with Gasteiger partial charge < -0.3 is 10.1 Å². The minimum Gasteiger partial charge on any atom is -0.484 e. The molecular weight excluding hydrogens is 348 g/mol. The highest BCUT2D eigenvalue weighted by atomic mass is 16.5. The van der Waals surface area contributed by atoms with Gasteiger partial charge >= 0.3 is 0 Å². The Hall–Kier alpha value is -2.85. The molecule has 0 bridgehead atoms. The first-order valence-corrected chi connectivity index (χ1v) is 9.95. The lowest BCUT2D eigenvalue weighted by molar-refractivity contribution is -0.123. The number of likely N-dealkylation sites (tertiary alicyclic amines) is 1. The molecule has 0 atom stereocenters. The molecule has 4 nitrogen and oxygen atoms in total. The van der Waals surface area contributed by atoms with Crippen LogP contribution in [0, 0.1) is 0 Å². The summed E-state index contributed by atoms with van der Waals surface area (Å²) in [6.45, 7) is 3.91. The number of hydrogen-bond acceptors (Lipinski definition) is 3. The predicted molar refractivity (Wildman–Crippen MR) is 112 cm³/mol. The van der Waals surface area contributed by atoms with E-state index in [1.165, 1.54) is 31.5 Å². The Kier molecular flexibility index (Phi) is 5.88. The number of fused-ring (bicyclic) bond motifs is 1. The molecule has 0 unspecified atom stereocenters. The summed E-state index contributed by atoms with van der Waals surface area (Å²) >= 11 is 0. The van der Waals surface area contributed by atoms with E-state index < -0.39 is 0 Å². The van der Waals surface area contributed by atoms with E-state index in [-0.39, 0.29) is 12.5 Å². The SMILES string of the molecule is O=C(COc1ccc2ccccc2c1)NCc1cccc(CN2CCCC2)c1. The van der Waals surface area contributed by atoms with Gasteiger partial charge in [0, 0.05) is 13.1 Å². The van der Waals surface area contributed by atoms with Crippen LogP contribution in [0.4, 0.5) is 0 Å². The highest BCUT2D eigenvalue weighted by molar-refractivity contribution is 5.84. The number of hydrogen-bond donors (Lipinski definition) is 1. The number of benzene rings is 3. The summed E-state index contributed by atoms with van der Waals surface area (Å²) in [7, 11) is 0. The second kappa shape index (κ2) is 8.89. The number of nitrogens with one attached hydrogen (secondary N) is 1. The van der Waals surface area contributed by atoms with E-state index in [9.17, 15) is 4.79 Å². The maximum absolute atomic E-state index is 12.2. The molecule has 0 radical (unpaired) electrons. The molecule has 1 aliphatic rings. The molecule has 1 aliphatic heterocycles. The smallest absolute Gasteiger partial charge is 0.258 e. The molecule has 1 fully saturated rings. The van der Waals surface area contributed by atoms with Crippen molar-refractivity contribution in [3.8, 4) is 5.75 Å². The Labute approximate surface area is 166 Å². The maximum atomic E-state index is 12.2. The second-order valence-electron chi connectivity index (χ2n) is 7.38. The summed E-state index contributed by atoms with van der Waals surface area (Å²) in [5, 5.41) is 5.22. The molecule has 28 heavy (non-hydrogen) atoms. The third kappa shape index (κ3) is 4.90. The minimum absolute atomic E-state index is 0.0197. The molecule has 0 aromatic heterocycles. The topological polar surface area (TPSA) is 41.6 Å². The molecule has 0 spiro atoms. The maximum Gasteiger partial charge on any atom is 0.258 e. The average Bonchev–Trinajstić information content (AvgIpc) is 3.24. The molecule has 0 saturated carbocycles. The standard InChI is InChI=1S/C24H26N2O2/c27-24(18-28-23-11-10-21-8-1-2-9-22(21)15-23)25-16-19-6-5-7-20(14-19)17-26-12-3-4-13-26/h1-2,5-11,14-15H,3-4,12-13,16-18H2,(H,25,27). The Morgan fingerprint density at radius 2 is 1.68 bits per heavy atom. The van der Waals surface area contributed by atoms with Crippen LogP contribution in [0.25, 0.3) is 10.8 Å².